The van der Waals surface area contributed by atoms with Gasteiger partial charge in [0.2, 0.25) is 0 Å². The Morgan fingerprint density at radius 3 is 2.70 bits per heavy atom. The van der Waals surface area contributed by atoms with Crippen molar-refractivity contribution in [2.45, 2.75) is 6.04 Å². The fourth-order valence-electron chi connectivity index (χ4n) is 2.68. The number of halogens is 2. The molecule has 1 atom stereocenters. The molecule has 0 radical (unpaired) electrons. The van der Waals surface area contributed by atoms with Gasteiger partial charge in [-0.2, -0.15) is 0 Å². The molecule has 1 aliphatic rings. The van der Waals surface area contributed by atoms with Crippen molar-refractivity contribution in [1.29, 1.82) is 0 Å². The van der Waals surface area contributed by atoms with Crippen molar-refractivity contribution >= 4 is 27.3 Å². The highest BCUT2D eigenvalue weighted by Crippen LogP contribution is 2.33. The minimum absolute atomic E-state index is 0.143. The van der Waals surface area contributed by atoms with Crippen molar-refractivity contribution in [3.05, 3.63) is 56.4 Å². The Morgan fingerprint density at radius 1 is 1.25 bits per heavy atom. The van der Waals surface area contributed by atoms with Crippen LogP contribution in [0.2, 0.25) is 0 Å². The van der Waals surface area contributed by atoms with E-state index in [4.69, 9.17) is 0 Å². The number of rotatable bonds is 3. The van der Waals surface area contributed by atoms with Gasteiger partial charge in [-0.25, -0.2) is 4.39 Å². The molecule has 3 rings (SSSR count). The number of hydrogen-bond donors (Lipinski definition) is 1. The number of piperazine rings is 1. The van der Waals surface area contributed by atoms with E-state index < -0.39 is 0 Å². The maximum Gasteiger partial charge on any atom is 0.124 e. The Labute approximate surface area is 130 Å². The van der Waals surface area contributed by atoms with Crippen LogP contribution in [0.5, 0.6) is 0 Å². The lowest BCUT2D eigenvalue weighted by molar-refractivity contribution is 0.200. The maximum atomic E-state index is 13.7. The first kappa shape index (κ1) is 14.2. The monoisotopic (exact) mass is 354 g/mol. The van der Waals surface area contributed by atoms with Crippen molar-refractivity contribution in [3.63, 3.8) is 0 Å². The Balaban J connectivity index is 2.00. The number of nitrogens with zero attached hydrogens (tertiary/aromatic N) is 1. The molecule has 1 saturated heterocycles. The second-order valence-corrected chi connectivity index (χ2v) is 6.80. The molecule has 1 aromatic carbocycles. The molecule has 1 aliphatic heterocycles. The van der Waals surface area contributed by atoms with Crippen molar-refractivity contribution < 1.29 is 4.39 Å². The zero-order chi connectivity index (χ0) is 13.9. The van der Waals surface area contributed by atoms with Gasteiger partial charge in [-0.3, -0.25) is 4.90 Å². The third kappa shape index (κ3) is 3.11. The first-order valence-corrected chi connectivity index (χ1v) is 8.35. The first-order valence-electron chi connectivity index (χ1n) is 6.68. The highest BCUT2D eigenvalue weighted by Gasteiger charge is 2.25. The molecule has 2 nitrogen and oxygen atoms in total. The van der Waals surface area contributed by atoms with Gasteiger partial charge in [-0.1, -0.05) is 22.0 Å². The molecule has 1 N–H and O–H groups in total. The van der Waals surface area contributed by atoms with Crippen LogP contribution in [0.15, 0.2) is 40.2 Å². The highest BCUT2D eigenvalue weighted by atomic mass is 79.9. The third-order valence-electron chi connectivity index (χ3n) is 3.53. The highest BCUT2D eigenvalue weighted by molar-refractivity contribution is 9.10. The molecular weight excluding hydrogens is 339 g/mol. The summed E-state index contributed by atoms with van der Waals surface area (Å²) >= 11 is 5.13. The molecule has 2 aromatic rings. The maximum absolute atomic E-state index is 13.7. The number of hydrogen-bond acceptors (Lipinski definition) is 3. The Hall–Kier alpha value is -0.750. The SMILES string of the molecule is Fc1cc(Br)cc([C@@H](c2cccs2)N2CCNCC2)c1. The van der Waals surface area contributed by atoms with Crippen LogP contribution in [0.4, 0.5) is 4.39 Å². The van der Waals surface area contributed by atoms with Crippen LogP contribution in [0.3, 0.4) is 0 Å². The molecule has 106 valence electrons. The van der Waals surface area contributed by atoms with Crippen molar-refractivity contribution in [2.75, 3.05) is 26.2 Å². The lowest BCUT2D eigenvalue weighted by Crippen LogP contribution is -2.45. The van der Waals surface area contributed by atoms with Crippen LogP contribution in [0.1, 0.15) is 16.5 Å². The van der Waals surface area contributed by atoms with Crippen LogP contribution >= 0.6 is 27.3 Å². The number of benzene rings is 1. The molecule has 20 heavy (non-hydrogen) atoms. The van der Waals surface area contributed by atoms with Crippen molar-refractivity contribution in [2.24, 2.45) is 0 Å². The van der Waals surface area contributed by atoms with E-state index in [-0.39, 0.29) is 11.9 Å². The molecule has 0 saturated carbocycles. The summed E-state index contributed by atoms with van der Waals surface area (Å²) in [4.78, 5) is 3.69. The Kier molecular flexibility index (Phi) is 4.51. The molecule has 5 heteroatoms. The molecule has 1 fully saturated rings. The van der Waals surface area contributed by atoms with E-state index >= 15 is 0 Å². The summed E-state index contributed by atoms with van der Waals surface area (Å²) in [6.45, 7) is 3.93. The van der Waals surface area contributed by atoms with Crippen molar-refractivity contribution in [1.82, 2.24) is 10.2 Å². The quantitative estimate of drug-likeness (QED) is 0.904. The van der Waals surface area contributed by atoms with E-state index in [2.05, 4.69) is 43.7 Å². The van der Waals surface area contributed by atoms with Gasteiger partial charge in [-0.15, -0.1) is 11.3 Å². The predicted molar refractivity (Wildman–Crippen MR) is 84.7 cm³/mol. The van der Waals surface area contributed by atoms with E-state index in [1.807, 2.05) is 6.07 Å². The lowest BCUT2D eigenvalue weighted by atomic mass is 10.0. The zero-order valence-electron chi connectivity index (χ0n) is 11.0. The van der Waals surface area contributed by atoms with Gasteiger partial charge in [0.05, 0.1) is 6.04 Å². The second kappa shape index (κ2) is 6.35. The van der Waals surface area contributed by atoms with Crippen LogP contribution in [-0.4, -0.2) is 31.1 Å². The summed E-state index contributed by atoms with van der Waals surface area (Å²) in [5.74, 6) is -0.189. The van der Waals surface area contributed by atoms with Gasteiger partial charge < -0.3 is 5.32 Å². The molecule has 0 amide bonds. The van der Waals surface area contributed by atoms with Crippen LogP contribution in [0.25, 0.3) is 0 Å². The fourth-order valence-corrected chi connectivity index (χ4v) is 4.04. The zero-order valence-corrected chi connectivity index (χ0v) is 13.4. The molecule has 0 unspecified atom stereocenters. The molecule has 0 spiro atoms. The third-order valence-corrected chi connectivity index (χ3v) is 4.91. The number of thiophene rings is 1. The van der Waals surface area contributed by atoms with Crippen LogP contribution in [0, 0.1) is 5.82 Å². The fraction of sp³-hybridized carbons (Fsp3) is 0.333. The average molecular weight is 355 g/mol. The molecule has 0 aliphatic carbocycles. The van der Waals surface area contributed by atoms with Gasteiger partial charge in [0.1, 0.15) is 5.82 Å². The molecular formula is C15H16BrFN2S. The molecule has 2 heterocycles. The molecule has 0 bridgehead atoms. The van der Waals surface area contributed by atoms with Gasteiger partial charge in [-0.05, 0) is 35.2 Å². The standard InChI is InChI=1S/C15H16BrFN2S/c16-12-8-11(9-13(17)10-12)15(14-2-1-7-20-14)19-5-3-18-4-6-19/h1-2,7-10,15,18H,3-6H2/t15-/m0/s1. The Morgan fingerprint density at radius 2 is 2.05 bits per heavy atom. The van der Waals surface area contributed by atoms with Crippen LogP contribution < -0.4 is 5.32 Å². The Bertz CT molecular complexity index is 547. The van der Waals surface area contributed by atoms with Crippen LogP contribution in [-0.2, 0) is 0 Å². The minimum Gasteiger partial charge on any atom is -0.314 e. The minimum atomic E-state index is -0.189. The smallest absolute Gasteiger partial charge is 0.124 e. The summed E-state index contributed by atoms with van der Waals surface area (Å²) < 4.78 is 14.5. The second-order valence-electron chi connectivity index (χ2n) is 4.91. The van der Waals surface area contributed by atoms with Crippen molar-refractivity contribution in [3.8, 4) is 0 Å². The average Bonchev–Trinajstić information content (AvgIpc) is 2.93. The summed E-state index contributed by atoms with van der Waals surface area (Å²) in [7, 11) is 0. The van der Waals surface area contributed by atoms with Gasteiger partial charge >= 0.3 is 0 Å². The number of nitrogens with one attached hydrogen (secondary N) is 1. The van der Waals surface area contributed by atoms with E-state index in [1.54, 1.807) is 17.4 Å². The van der Waals surface area contributed by atoms with E-state index in [0.717, 1.165) is 36.2 Å². The van der Waals surface area contributed by atoms with E-state index in [1.165, 1.54) is 10.9 Å². The lowest BCUT2D eigenvalue weighted by Gasteiger charge is -2.34. The van der Waals surface area contributed by atoms with Gasteiger partial charge in [0, 0.05) is 35.5 Å². The predicted octanol–water partition coefficient (Wildman–Crippen LogP) is 3.64. The topological polar surface area (TPSA) is 15.3 Å². The summed E-state index contributed by atoms with van der Waals surface area (Å²) in [5, 5.41) is 5.45. The van der Waals surface area contributed by atoms with E-state index in [0.29, 0.717) is 0 Å². The van der Waals surface area contributed by atoms with Gasteiger partial charge in [0.15, 0.2) is 0 Å². The van der Waals surface area contributed by atoms with Gasteiger partial charge in [0.25, 0.3) is 0 Å². The largest absolute Gasteiger partial charge is 0.314 e. The van der Waals surface area contributed by atoms with E-state index in [9.17, 15) is 4.39 Å². The molecule has 1 aromatic heterocycles. The summed E-state index contributed by atoms with van der Waals surface area (Å²) in [6, 6.07) is 9.52. The normalized spacial score (nSPS) is 18.1. The first-order chi connectivity index (χ1) is 9.74. The summed E-state index contributed by atoms with van der Waals surface area (Å²) in [5.41, 5.74) is 1.02. The summed E-state index contributed by atoms with van der Waals surface area (Å²) in [6.07, 6.45) is 0.